The van der Waals surface area contributed by atoms with Crippen molar-refractivity contribution in [3.63, 3.8) is 0 Å². The summed E-state index contributed by atoms with van der Waals surface area (Å²) < 4.78 is 30.4. The number of β-amino-alcohol motifs (C(OH)–C–C–N with tert-alkyl or cyclic N) is 1. The third-order valence-electron chi connectivity index (χ3n) is 1.95. The van der Waals surface area contributed by atoms with E-state index in [2.05, 4.69) is 5.32 Å². The van der Waals surface area contributed by atoms with Crippen molar-refractivity contribution in [2.45, 2.75) is 5.79 Å². The Kier molecular flexibility index (Phi) is 2.13. The molecule has 0 aromatic heterocycles. The average molecular weight is 201 g/mol. The Hall–Kier alpha value is -1.20. The number of ether oxygens (including phenoxy) is 1. The first kappa shape index (κ1) is 9.36. The maximum Gasteiger partial charge on any atom is 0.233 e. The van der Waals surface area contributed by atoms with Gasteiger partial charge in [0.05, 0.1) is 13.1 Å². The van der Waals surface area contributed by atoms with Gasteiger partial charge in [-0.2, -0.15) is 0 Å². The third-order valence-corrected chi connectivity index (χ3v) is 1.95. The largest absolute Gasteiger partial charge is 0.460 e. The summed E-state index contributed by atoms with van der Waals surface area (Å²) in [5.74, 6) is -2.79. The summed E-state index contributed by atoms with van der Waals surface area (Å²) in [6.45, 7) is 0.510. The van der Waals surface area contributed by atoms with Crippen LogP contribution in [0, 0.1) is 11.6 Å². The molecule has 14 heavy (non-hydrogen) atoms. The molecule has 0 spiro atoms. The molecular formula is C9H9F2NO2. The smallest absolute Gasteiger partial charge is 0.233 e. The highest BCUT2D eigenvalue weighted by atomic mass is 19.1. The molecule has 0 aliphatic carbocycles. The van der Waals surface area contributed by atoms with Crippen molar-refractivity contribution in [2.75, 3.05) is 13.1 Å². The topological polar surface area (TPSA) is 41.5 Å². The molecular weight excluding hydrogens is 192 g/mol. The van der Waals surface area contributed by atoms with Crippen LogP contribution in [0.4, 0.5) is 8.78 Å². The first-order valence-corrected chi connectivity index (χ1v) is 4.16. The Morgan fingerprint density at radius 2 is 1.79 bits per heavy atom. The maximum absolute atomic E-state index is 12.7. The molecule has 3 nitrogen and oxygen atoms in total. The molecule has 0 unspecified atom stereocenters. The molecule has 1 fully saturated rings. The number of nitrogens with one attached hydrogen (secondary N) is 1. The monoisotopic (exact) mass is 201 g/mol. The molecule has 1 aromatic rings. The summed E-state index contributed by atoms with van der Waals surface area (Å²) >= 11 is 0. The van der Waals surface area contributed by atoms with E-state index in [0.29, 0.717) is 0 Å². The number of hydrogen-bond donors (Lipinski definition) is 2. The lowest BCUT2D eigenvalue weighted by molar-refractivity contribution is -0.169. The summed E-state index contributed by atoms with van der Waals surface area (Å²) in [6, 6.07) is 2.80. The molecule has 1 heterocycles. The highest BCUT2D eigenvalue weighted by Gasteiger charge is 2.36. The zero-order valence-corrected chi connectivity index (χ0v) is 7.26. The lowest BCUT2D eigenvalue weighted by Gasteiger charge is -2.37. The van der Waals surface area contributed by atoms with E-state index >= 15 is 0 Å². The molecule has 1 aromatic carbocycles. The number of hydrogen-bond acceptors (Lipinski definition) is 3. The SMILES string of the molecule is OC1(Oc2cc(F)cc(F)c2)CNC1. The molecule has 0 radical (unpaired) electrons. The number of aliphatic hydroxyl groups is 1. The van der Waals surface area contributed by atoms with Gasteiger partial charge in [-0.25, -0.2) is 8.78 Å². The lowest BCUT2D eigenvalue weighted by atomic mass is 10.1. The van der Waals surface area contributed by atoms with E-state index in [4.69, 9.17) is 4.74 Å². The fourth-order valence-corrected chi connectivity index (χ4v) is 1.22. The molecule has 76 valence electrons. The zero-order valence-electron chi connectivity index (χ0n) is 7.26. The Balaban J connectivity index is 2.16. The zero-order chi connectivity index (χ0) is 10.2. The van der Waals surface area contributed by atoms with Crippen LogP contribution >= 0.6 is 0 Å². The van der Waals surface area contributed by atoms with Crippen molar-refractivity contribution < 1.29 is 18.6 Å². The molecule has 0 atom stereocenters. The molecule has 1 aliphatic rings. The summed E-state index contributed by atoms with van der Waals surface area (Å²) in [4.78, 5) is 0. The van der Waals surface area contributed by atoms with Gasteiger partial charge in [-0.15, -0.1) is 0 Å². The van der Waals surface area contributed by atoms with Gasteiger partial charge in [0.25, 0.3) is 0 Å². The Labute approximate surface area is 79.3 Å². The van der Waals surface area contributed by atoms with Gasteiger partial charge in [-0.1, -0.05) is 0 Å². The van der Waals surface area contributed by atoms with Crippen LogP contribution in [0.1, 0.15) is 0 Å². The minimum atomic E-state index is -1.33. The van der Waals surface area contributed by atoms with E-state index in [-0.39, 0.29) is 18.8 Å². The van der Waals surface area contributed by atoms with Crippen molar-refractivity contribution in [2.24, 2.45) is 0 Å². The minimum absolute atomic E-state index is 0.00787. The summed E-state index contributed by atoms with van der Waals surface area (Å²) in [5.41, 5.74) is 0. The van der Waals surface area contributed by atoms with E-state index in [9.17, 15) is 13.9 Å². The van der Waals surface area contributed by atoms with E-state index in [1.165, 1.54) is 0 Å². The second-order valence-corrected chi connectivity index (χ2v) is 3.26. The second kappa shape index (κ2) is 3.18. The van der Waals surface area contributed by atoms with Gasteiger partial charge in [-0.3, -0.25) is 0 Å². The predicted octanol–water partition coefficient (Wildman–Crippen LogP) is 0.635. The van der Waals surface area contributed by atoms with Gasteiger partial charge in [0.2, 0.25) is 5.79 Å². The molecule has 5 heteroatoms. The van der Waals surface area contributed by atoms with Crippen molar-refractivity contribution >= 4 is 0 Å². The molecule has 2 N–H and O–H groups in total. The minimum Gasteiger partial charge on any atom is -0.460 e. The molecule has 0 amide bonds. The maximum atomic E-state index is 12.7. The highest BCUT2D eigenvalue weighted by Crippen LogP contribution is 2.21. The normalized spacial score (nSPS) is 18.8. The van der Waals surface area contributed by atoms with Crippen LogP contribution in [0.3, 0.4) is 0 Å². The number of rotatable bonds is 2. The standard InChI is InChI=1S/C9H9F2NO2/c10-6-1-7(11)3-8(2-6)14-9(13)4-12-5-9/h1-3,12-13H,4-5H2. The highest BCUT2D eigenvalue weighted by molar-refractivity contribution is 5.24. The molecule has 0 bridgehead atoms. The van der Waals surface area contributed by atoms with Gasteiger partial charge in [0.1, 0.15) is 17.4 Å². The number of benzene rings is 1. The van der Waals surface area contributed by atoms with Crippen LogP contribution in [0.5, 0.6) is 5.75 Å². The summed E-state index contributed by atoms with van der Waals surface area (Å²) in [7, 11) is 0. The van der Waals surface area contributed by atoms with Gasteiger partial charge in [0, 0.05) is 18.2 Å². The Bertz CT molecular complexity index is 332. The van der Waals surface area contributed by atoms with Crippen LogP contribution in [0.2, 0.25) is 0 Å². The van der Waals surface area contributed by atoms with Gasteiger partial charge < -0.3 is 15.2 Å². The van der Waals surface area contributed by atoms with Crippen molar-refractivity contribution in [3.8, 4) is 5.75 Å². The number of halogens is 2. The van der Waals surface area contributed by atoms with Crippen LogP contribution in [0.15, 0.2) is 18.2 Å². The van der Waals surface area contributed by atoms with Gasteiger partial charge in [0.15, 0.2) is 0 Å². The molecule has 2 rings (SSSR count). The Morgan fingerprint density at radius 3 is 2.21 bits per heavy atom. The average Bonchev–Trinajstić information content (AvgIpc) is 1.99. The van der Waals surface area contributed by atoms with Crippen LogP contribution < -0.4 is 10.1 Å². The fraction of sp³-hybridized carbons (Fsp3) is 0.333. The van der Waals surface area contributed by atoms with Crippen molar-refractivity contribution in [3.05, 3.63) is 29.8 Å². The molecule has 1 aliphatic heterocycles. The van der Waals surface area contributed by atoms with Crippen molar-refractivity contribution in [1.82, 2.24) is 5.32 Å². The Morgan fingerprint density at radius 1 is 1.21 bits per heavy atom. The first-order chi connectivity index (χ1) is 6.57. The summed E-state index contributed by atoms with van der Waals surface area (Å²) in [5, 5.41) is 12.3. The van der Waals surface area contributed by atoms with Gasteiger partial charge >= 0.3 is 0 Å². The van der Waals surface area contributed by atoms with Crippen molar-refractivity contribution in [1.29, 1.82) is 0 Å². The first-order valence-electron chi connectivity index (χ1n) is 4.16. The van der Waals surface area contributed by atoms with Crippen LogP contribution in [-0.2, 0) is 0 Å². The predicted molar refractivity (Wildman–Crippen MR) is 44.8 cm³/mol. The van der Waals surface area contributed by atoms with Crippen LogP contribution in [0.25, 0.3) is 0 Å². The van der Waals surface area contributed by atoms with Gasteiger partial charge in [-0.05, 0) is 0 Å². The molecule has 1 saturated heterocycles. The van der Waals surface area contributed by atoms with E-state index in [1.54, 1.807) is 0 Å². The lowest BCUT2D eigenvalue weighted by Crippen LogP contribution is -2.63. The fourth-order valence-electron chi connectivity index (χ4n) is 1.22. The molecule has 0 saturated carbocycles. The van der Waals surface area contributed by atoms with Crippen LogP contribution in [-0.4, -0.2) is 24.0 Å². The summed E-state index contributed by atoms with van der Waals surface area (Å²) in [6.07, 6.45) is 0. The second-order valence-electron chi connectivity index (χ2n) is 3.26. The van der Waals surface area contributed by atoms with E-state index in [0.717, 1.165) is 18.2 Å². The quantitative estimate of drug-likeness (QED) is 0.690. The third kappa shape index (κ3) is 1.83. The van der Waals surface area contributed by atoms with E-state index < -0.39 is 17.4 Å². The van der Waals surface area contributed by atoms with E-state index in [1.807, 2.05) is 0 Å².